The Balaban J connectivity index is 1.68. The summed E-state index contributed by atoms with van der Waals surface area (Å²) in [5.74, 6) is -0.127. The smallest absolute Gasteiger partial charge is 0.261 e. The Kier molecular flexibility index (Phi) is 5.93. The van der Waals surface area contributed by atoms with Gasteiger partial charge in [0.15, 0.2) is 0 Å². The molecule has 2 aromatic carbocycles. The van der Waals surface area contributed by atoms with Crippen LogP contribution >= 0.6 is 0 Å². The second-order valence-electron chi connectivity index (χ2n) is 7.79. The van der Waals surface area contributed by atoms with Crippen LogP contribution in [0.15, 0.2) is 48.5 Å². The van der Waals surface area contributed by atoms with Crippen molar-refractivity contribution in [3.8, 4) is 0 Å². The van der Waals surface area contributed by atoms with Gasteiger partial charge in [0, 0.05) is 11.6 Å². The first-order valence-electron chi connectivity index (χ1n) is 9.72. The summed E-state index contributed by atoms with van der Waals surface area (Å²) in [6.07, 6.45) is 1.99. The Hall–Kier alpha value is -2.95. The van der Waals surface area contributed by atoms with Gasteiger partial charge in [0.25, 0.3) is 17.7 Å². The molecular formula is C23H26N2O3. The quantitative estimate of drug-likeness (QED) is 0.740. The maximum atomic E-state index is 12.5. The Labute approximate surface area is 165 Å². The fourth-order valence-corrected chi connectivity index (χ4v) is 3.34. The van der Waals surface area contributed by atoms with Crippen LogP contribution in [0.4, 0.5) is 0 Å². The highest BCUT2D eigenvalue weighted by Gasteiger charge is 2.34. The van der Waals surface area contributed by atoms with Crippen LogP contribution in [-0.4, -0.2) is 28.7 Å². The van der Waals surface area contributed by atoms with Gasteiger partial charge in [-0.1, -0.05) is 38.1 Å². The van der Waals surface area contributed by atoms with Gasteiger partial charge in [-0.2, -0.15) is 0 Å². The van der Waals surface area contributed by atoms with E-state index in [1.54, 1.807) is 42.5 Å². The zero-order valence-electron chi connectivity index (χ0n) is 16.6. The van der Waals surface area contributed by atoms with Gasteiger partial charge in [0.1, 0.15) is 0 Å². The number of nitrogens with zero attached hydrogens (tertiary/aromatic N) is 1. The van der Waals surface area contributed by atoms with Crippen LogP contribution in [0.2, 0.25) is 0 Å². The molecule has 1 N–H and O–H groups in total. The number of hydrogen-bond acceptors (Lipinski definition) is 3. The zero-order valence-corrected chi connectivity index (χ0v) is 16.6. The summed E-state index contributed by atoms with van der Waals surface area (Å²) in [6.45, 7) is 6.48. The molecule has 3 rings (SSSR count). The van der Waals surface area contributed by atoms with Gasteiger partial charge in [-0.25, -0.2) is 0 Å². The lowest BCUT2D eigenvalue weighted by Gasteiger charge is -2.17. The maximum absolute atomic E-state index is 12.5. The first kappa shape index (κ1) is 19.8. The van der Waals surface area contributed by atoms with Crippen molar-refractivity contribution in [1.82, 2.24) is 10.2 Å². The molecule has 0 aromatic heterocycles. The summed E-state index contributed by atoms with van der Waals surface area (Å²) in [7, 11) is 0. The number of imide groups is 1. The highest BCUT2D eigenvalue weighted by molar-refractivity contribution is 6.21. The van der Waals surface area contributed by atoms with E-state index in [0.717, 1.165) is 18.4 Å². The minimum atomic E-state index is -0.294. The average Bonchev–Trinajstić information content (AvgIpc) is 2.92. The van der Waals surface area contributed by atoms with Crippen molar-refractivity contribution in [3.63, 3.8) is 0 Å². The maximum Gasteiger partial charge on any atom is 0.261 e. The van der Waals surface area contributed by atoms with E-state index in [2.05, 4.69) is 19.2 Å². The predicted molar refractivity (Wildman–Crippen MR) is 108 cm³/mol. The number of fused-ring (bicyclic) bond motifs is 1. The van der Waals surface area contributed by atoms with E-state index in [0.29, 0.717) is 22.6 Å². The second-order valence-corrected chi connectivity index (χ2v) is 7.79. The molecule has 1 aliphatic heterocycles. The summed E-state index contributed by atoms with van der Waals surface area (Å²) in [5, 5.41) is 3.02. The molecule has 5 nitrogen and oxygen atoms in total. The minimum Gasteiger partial charge on any atom is -0.350 e. The SMILES string of the molecule is CC(C)CCC(C)NC(=O)c1cccc(CN2C(=O)c3ccccc3C2=O)c1. The van der Waals surface area contributed by atoms with Gasteiger partial charge >= 0.3 is 0 Å². The third kappa shape index (κ3) is 4.30. The van der Waals surface area contributed by atoms with Crippen LogP contribution in [0.5, 0.6) is 0 Å². The fraction of sp³-hybridized carbons (Fsp3) is 0.348. The normalized spacial score (nSPS) is 14.4. The van der Waals surface area contributed by atoms with Crippen molar-refractivity contribution in [2.45, 2.75) is 46.2 Å². The standard InChI is InChI=1S/C23H26N2O3/c1-15(2)11-12-16(3)24-21(26)18-8-6-7-17(13-18)14-25-22(27)19-9-4-5-10-20(19)23(25)28/h4-10,13,15-16H,11-12,14H2,1-3H3,(H,24,26). The summed E-state index contributed by atoms with van der Waals surface area (Å²) in [6, 6.07) is 14.0. The van der Waals surface area contributed by atoms with E-state index in [9.17, 15) is 14.4 Å². The average molecular weight is 378 g/mol. The van der Waals surface area contributed by atoms with Crippen molar-refractivity contribution in [2.75, 3.05) is 0 Å². The molecular weight excluding hydrogens is 352 g/mol. The first-order valence-corrected chi connectivity index (χ1v) is 9.72. The molecule has 0 saturated heterocycles. The van der Waals surface area contributed by atoms with Crippen LogP contribution in [0.1, 0.15) is 70.3 Å². The van der Waals surface area contributed by atoms with Gasteiger partial charge in [0.2, 0.25) is 0 Å². The molecule has 1 heterocycles. The van der Waals surface area contributed by atoms with Crippen LogP contribution in [0.3, 0.4) is 0 Å². The molecule has 0 aliphatic carbocycles. The Morgan fingerprint density at radius 1 is 0.929 bits per heavy atom. The highest BCUT2D eigenvalue weighted by Crippen LogP contribution is 2.24. The van der Waals surface area contributed by atoms with Crippen molar-refractivity contribution >= 4 is 17.7 Å². The van der Waals surface area contributed by atoms with Crippen LogP contribution in [-0.2, 0) is 6.54 Å². The number of hydrogen-bond donors (Lipinski definition) is 1. The number of amides is 3. The van der Waals surface area contributed by atoms with Crippen molar-refractivity contribution in [2.24, 2.45) is 5.92 Å². The molecule has 1 aliphatic rings. The summed E-state index contributed by atoms with van der Waals surface area (Å²) in [5.41, 5.74) is 2.14. The van der Waals surface area contributed by atoms with E-state index in [1.165, 1.54) is 4.90 Å². The van der Waals surface area contributed by atoms with Crippen LogP contribution in [0.25, 0.3) is 0 Å². The molecule has 0 saturated carbocycles. The lowest BCUT2D eigenvalue weighted by molar-refractivity contribution is 0.0642. The molecule has 0 bridgehead atoms. The molecule has 2 aromatic rings. The highest BCUT2D eigenvalue weighted by atomic mass is 16.2. The molecule has 1 atom stereocenters. The minimum absolute atomic E-state index is 0.0924. The van der Waals surface area contributed by atoms with Crippen molar-refractivity contribution in [3.05, 3.63) is 70.8 Å². The van der Waals surface area contributed by atoms with Gasteiger partial charge in [-0.15, -0.1) is 0 Å². The largest absolute Gasteiger partial charge is 0.350 e. The molecule has 0 spiro atoms. The number of nitrogens with one attached hydrogen (secondary N) is 1. The van der Waals surface area contributed by atoms with Crippen LogP contribution < -0.4 is 5.32 Å². The summed E-state index contributed by atoms with van der Waals surface area (Å²) >= 11 is 0. The Morgan fingerprint density at radius 2 is 1.57 bits per heavy atom. The van der Waals surface area contributed by atoms with Crippen molar-refractivity contribution < 1.29 is 14.4 Å². The molecule has 146 valence electrons. The first-order chi connectivity index (χ1) is 13.4. The predicted octanol–water partition coefficient (Wildman–Crippen LogP) is 4.04. The van der Waals surface area contributed by atoms with E-state index < -0.39 is 0 Å². The lowest BCUT2D eigenvalue weighted by Crippen LogP contribution is -2.33. The molecule has 5 heteroatoms. The van der Waals surface area contributed by atoms with E-state index >= 15 is 0 Å². The molecule has 0 fully saturated rings. The summed E-state index contributed by atoms with van der Waals surface area (Å²) in [4.78, 5) is 38.8. The number of carbonyl (C=O) groups is 3. The third-order valence-corrected chi connectivity index (χ3v) is 4.96. The Morgan fingerprint density at radius 3 is 2.18 bits per heavy atom. The molecule has 0 radical (unpaired) electrons. The number of carbonyl (C=O) groups excluding carboxylic acids is 3. The lowest BCUT2D eigenvalue weighted by atomic mass is 10.0. The molecule has 3 amide bonds. The Bertz CT molecular complexity index is 869. The van der Waals surface area contributed by atoms with Gasteiger partial charge in [-0.3, -0.25) is 19.3 Å². The third-order valence-electron chi connectivity index (χ3n) is 4.96. The number of benzene rings is 2. The van der Waals surface area contributed by atoms with Gasteiger partial charge < -0.3 is 5.32 Å². The van der Waals surface area contributed by atoms with Crippen LogP contribution in [0, 0.1) is 5.92 Å². The van der Waals surface area contributed by atoms with E-state index in [4.69, 9.17) is 0 Å². The zero-order chi connectivity index (χ0) is 20.3. The van der Waals surface area contributed by atoms with Crippen molar-refractivity contribution in [1.29, 1.82) is 0 Å². The summed E-state index contributed by atoms with van der Waals surface area (Å²) < 4.78 is 0. The van der Waals surface area contributed by atoms with E-state index in [-0.39, 0.29) is 30.3 Å². The fourth-order valence-electron chi connectivity index (χ4n) is 3.34. The number of rotatable bonds is 7. The van der Waals surface area contributed by atoms with E-state index in [1.807, 2.05) is 13.0 Å². The molecule has 28 heavy (non-hydrogen) atoms. The topological polar surface area (TPSA) is 66.5 Å². The molecule has 1 unspecified atom stereocenters. The second kappa shape index (κ2) is 8.38. The van der Waals surface area contributed by atoms with Gasteiger partial charge in [-0.05, 0) is 55.5 Å². The van der Waals surface area contributed by atoms with Gasteiger partial charge in [0.05, 0.1) is 17.7 Å². The monoisotopic (exact) mass is 378 g/mol.